The summed E-state index contributed by atoms with van der Waals surface area (Å²) >= 11 is 0. The van der Waals surface area contributed by atoms with E-state index in [-0.39, 0.29) is 6.04 Å². The minimum atomic E-state index is -0.543. The monoisotopic (exact) mass is 270 g/mol. The summed E-state index contributed by atoms with van der Waals surface area (Å²) in [5.74, 6) is 0. The Balaban J connectivity index is 1.73. The van der Waals surface area contributed by atoms with Crippen molar-refractivity contribution in [3.63, 3.8) is 0 Å². The maximum atomic E-state index is 10.1. The minimum Gasteiger partial charge on any atom is -0.390 e. The molecule has 0 aromatic heterocycles. The molecule has 0 aliphatic rings. The summed E-state index contributed by atoms with van der Waals surface area (Å²) in [7, 11) is 0. The molecule has 0 amide bonds. The number of aliphatic hydroxyl groups is 1. The Morgan fingerprint density at radius 3 is 2.05 bits per heavy atom. The lowest BCUT2D eigenvalue weighted by Crippen LogP contribution is -2.42. The summed E-state index contributed by atoms with van der Waals surface area (Å²) in [5, 5.41) is 13.3. The first kappa shape index (κ1) is 14.7. The predicted octanol–water partition coefficient (Wildman–Crippen LogP) is 1.71. The zero-order chi connectivity index (χ0) is 14.2. The maximum absolute atomic E-state index is 10.1. The van der Waals surface area contributed by atoms with Crippen LogP contribution in [0, 0.1) is 0 Å². The molecule has 2 aromatic rings. The Hall–Kier alpha value is -1.68. The van der Waals surface area contributed by atoms with Gasteiger partial charge in [0, 0.05) is 19.1 Å². The van der Waals surface area contributed by atoms with Gasteiger partial charge in [0.05, 0.1) is 6.10 Å². The van der Waals surface area contributed by atoms with Crippen molar-refractivity contribution >= 4 is 0 Å². The van der Waals surface area contributed by atoms with Crippen molar-refractivity contribution in [3.8, 4) is 0 Å². The lowest BCUT2D eigenvalue weighted by molar-refractivity contribution is 0.141. The lowest BCUT2D eigenvalue weighted by atomic mass is 10.0. The molecule has 2 unspecified atom stereocenters. The van der Waals surface area contributed by atoms with Gasteiger partial charge in [0.25, 0.3) is 0 Å². The van der Waals surface area contributed by atoms with Crippen molar-refractivity contribution in [2.24, 2.45) is 5.73 Å². The Kier molecular flexibility index (Phi) is 5.74. The van der Waals surface area contributed by atoms with Crippen molar-refractivity contribution in [2.45, 2.75) is 25.1 Å². The molecule has 0 bridgehead atoms. The molecule has 2 atom stereocenters. The molecule has 2 rings (SSSR count). The fourth-order valence-corrected chi connectivity index (χ4v) is 2.13. The van der Waals surface area contributed by atoms with Crippen molar-refractivity contribution in [1.82, 2.24) is 5.32 Å². The molecule has 0 fully saturated rings. The van der Waals surface area contributed by atoms with Crippen LogP contribution in [0.4, 0.5) is 0 Å². The van der Waals surface area contributed by atoms with Gasteiger partial charge >= 0.3 is 0 Å². The zero-order valence-electron chi connectivity index (χ0n) is 11.6. The van der Waals surface area contributed by atoms with E-state index in [1.54, 1.807) is 0 Å². The van der Waals surface area contributed by atoms with Crippen LogP contribution in [0.2, 0.25) is 0 Å². The number of benzene rings is 2. The van der Waals surface area contributed by atoms with Gasteiger partial charge in [0.2, 0.25) is 0 Å². The summed E-state index contributed by atoms with van der Waals surface area (Å²) < 4.78 is 0. The van der Waals surface area contributed by atoms with Crippen molar-refractivity contribution in [2.75, 3.05) is 6.54 Å². The molecule has 20 heavy (non-hydrogen) atoms. The second-order valence-corrected chi connectivity index (χ2v) is 5.04. The molecule has 0 aliphatic heterocycles. The van der Waals surface area contributed by atoms with Gasteiger partial charge in [0.1, 0.15) is 0 Å². The van der Waals surface area contributed by atoms with Gasteiger partial charge in [0.15, 0.2) is 0 Å². The van der Waals surface area contributed by atoms with Gasteiger partial charge in [-0.3, -0.25) is 0 Å². The van der Waals surface area contributed by atoms with Crippen LogP contribution in [-0.2, 0) is 13.0 Å². The normalized spacial score (nSPS) is 13.9. The maximum Gasteiger partial charge on any atom is 0.0818 e. The SMILES string of the molecule is NC(Cc1ccccc1)C(O)CNCc1ccccc1. The summed E-state index contributed by atoms with van der Waals surface area (Å²) in [6.07, 6.45) is 0.147. The molecule has 2 aromatic carbocycles. The molecule has 0 radical (unpaired) electrons. The second-order valence-electron chi connectivity index (χ2n) is 5.04. The predicted molar refractivity (Wildman–Crippen MR) is 82.3 cm³/mol. The fraction of sp³-hybridized carbons (Fsp3) is 0.294. The molecular formula is C17H22N2O. The van der Waals surface area contributed by atoms with Crippen LogP contribution in [-0.4, -0.2) is 23.8 Å². The largest absolute Gasteiger partial charge is 0.390 e. The van der Waals surface area contributed by atoms with Crippen LogP contribution >= 0.6 is 0 Å². The molecule has 3 heteroatoms. The number of nitrogens with two attached hydrogens (primary N) is 1. The van der Waals surface area contributed by atoms with Crippen molar-refractivity contribution in [3.05, 3.63) is 71.8 Å². The quantitative estimate of drug-likeness (QED) is 0.718. The van der Waals surface area contributed by atoms with E-state index >= 15 is 0 Å². The molecule has 106 valence electrons. The number of hydrogen-bond acceptors (Lipinski definition) is 3. The van der Waals surface area contributed by atoms with Crippen LogP contribution in [0.3, 0.4) is 0 Å². The smallest absolute Gasteiger partial charge is 0.0818 e. The van der Waals surface area contributed by atoms with E-state index in [1.165, 1.54) is 5.56 Å². The highest BCUT2D eigenvalue weighted by molar-refractivity contribution is 5.16. The fourth-order valence-electron chi connectivity index (χ4n) is 2.13. The third-order valence-corrected chi connectivity index (χ3v) is 3.33. The van der Waals surface area contributed by atoms with E-state index in [0.29, 0.717) is 13.0 Å². The Bertz CT molecular complexity index is 487. The summed E-state index contributed by atoms with van der Waals surface area (Å²) in [5.41, 5.74) is 8.40. The zero-order valence-corrected chi connectivity index (χ0v) is 11.6. The third kappa shape index (κ3) is 4.78. The van der Waals surface area contributed by atoms with Gasteiger partial charge in [-0.2, -0.15) is 0 Å². The van der Waals surface area contributed by atoms with E-state index in [0.717, 1.165) is 12.1 Å². The Morgan fingerprint density at radius 2 is 1.45 bits per heavy atom. The standard InChI is InChI=1S/C17H22N2O/c18-16(11-14-7-3-1-4-8-14)17(20)13-19-12-15-9-5-2-6-10-15/h1-10,16-17,19-20H,11-13,18H2. The first-order valence-corrected chi connectivity index (χ1v) is 6.98. The number of hydrogen-bond donors (Lipinski definition) is 3. The molecule has 3 nitrogen and oxygen atoms in total. The van der Waals surface area contributed by atoms with Gasteiger partial charge in [-0.25, -0.2) is 0 Å². The average Bonchev–Trinajstić information content (AvgIpc) is 2.49. The van der Waals surface area contributed by atoms with Crippen LogP contribution in [0.5, 0.6) is 0 Å². The van der Waals surface area contributed by atoms with Crippen LogP contribution < -0.4 is 11.1 Å². The van der Waals surface area contributed by atoms with E-state index in [1.807, 2.05) is 48.5 Å². The molecular weight excluding hydrogens is 248 g/mol. The van der Waals surface area contributed by atoms with E-state index in [9.17, 15) is 5.11 Å². The highest BCUT2D eigenvalue weighted by atomic mass is 16.3. The summed E-state index contributed by atoms with van der Waals surface area (Å²) in [6, 6.07) is 19.9. The first-order chi connectivity index (χ1) is 9.75. The number of nitrogens with one attached hydrogen (secondary N) is 1. The molecule has 4 N–H and O–H groups in total. The highest BCUT2D eigenvalue weighted by Gasteiger charge is 2.14. The summed E-state index contributed by atoms with van der Waals surface area (Å²) in [6.45, 7) is 1.25. The van der Waals surface area contributed by atoms with Crippen LogP contribution in [0.25, 0.3) is 0 Å². The van der Waals surface area contributed by atoms with Gasteiger partial charge in [-0.15, -0.1) is 0 Å². The Morgan fingerprint density at radius 1 is 0.900 bits per heavy atom. The molecule has 0 aliphatic carbocycles. The lowest BCUT2D eigenvalue weighted by Gasteiger charge is -2.19. The van der Waals surface area contributed by atoms with Gasteiger partial charge < -0.3 is 16.2 Å². The number of aliphatic hydroxyl groups excluding tert-OH is 1. The first-order valence-electron chi connectivity index (χ1n) is 6.98. The van der Waals surface area contributed by atoms with Crippen LogP contribution in [0.1, 0.15) is 11.1 Å². The minimum absolute atomic E-state index is 0.249. The molecule has 0 heterocycles. The Labute approximate surface area is 120 Å². The third-order valence-electron chi connectivity index (χ3n) is 3.33. The molecule has 0 spiro atoms. The van der Waals surface area contributed by atoms with Crippen molar-refractivity contribution in [1.29, 1.82) is 0 Å². The van der Waals surface area contributed by atoms with Gasteiger partial charge in [-0.1, -0.05) is 60.7 Å². The van der Waals surface area contributed by atoms with Crippen molar-refractivity contribution < 1.29 is 5.11 Å². The molecule has 0 saturated heterocycles. The number of rotatable bonds is 7. The second kappa shape index (κ2) is 7.80. The van der Waals surface area contributed by atoms with Gasteiger partial charge in [-0.05, 0) is 17.5 Å². The van der Waals surface area contributed by atoms with E-state index in [4.69, 9.17) is 5.73 Å². The van der Waals surface area contributed by atoms with E-state index in [2.05, 4.69) is 17.4 Å². The van der Waals surface area contributed by atoms with Crippen LogP contribution in [0.15, 0.2) is 60.7 Å². The van der Waals surface area contributed by atoms with E-state index < -0.39 is 6.10 Å². The summed E-state index contributed by atoms with van der Waals surface area (Å²) in [4.78, 5) is 0. The molecule has 0 saturated carbocycles. The average molecular weight is 270 g/mol. The topological polar surface area (TPSA) is 58.3 Å². The highest BCUT2D eigenvalue weighted by Crippen LogP contribution is 2.04.